The summed E-state index contributed by atoms with van der Waals surface area (Å²) in [6.07, 6.45) is 9.78. The number of methoxy groups -OCH3 is 1. The van der Waals surface area contributed by atoms with Crippen molar-refractivity contribution in [2.75, 3.05) is 13.7 Å². The van der Waals surface area contributed by atoms with Crippen molar-refractivity contribution in [1.29, 1.82) is 0 Å². The molecule has 0 spiro atoms. The number of nitro benzene ring substituents is 1. The zero-order valence-electron chi connectivity index (χ0n) is 22.5. The molecule has 1 atom stereocenters. The van der Waals surface area contributed by atoms with Crippen LogP contribution in [0, 0.1) is 10.1 Å². The molecule has 2 heterocycles. The van der Waals surface area contributed by atoms with Gasteiger partial charge in [0.1, 0.15) is 0 Å². The second kappa shape index (κ2) is 12.7. The number of nitrogens with zero attached hydrogens (tertiary/aromatic N) is 3. The first-order valence-corrected chi connectivity index (χ1v) is 12.7. The highest BCUT2D eigenvalue weighted by molar-refractivity contribution is 5.99. The molecular weight excluding hydrogens is 512 g/mol. The van der Waals surface area contributed by atoms with Crippen LogP contribution < -0.4 is 5.32 Å². The predicted octanol–water partition coefficient (Wildman–Crippen LogP) is 4.89. The molecule has 10 heteroatoms. The van der Waals surface area contributed by atoms with Gasteiger partial charge in [-0.05, 0) is 37.0 Å². The molecule has 10 nitrogen and oxygen atoms in total. The zero-order valence-corrected chi connectivity index (χ0v) is 22.5. The Morgan fingerprint density at radius 1 is 1.10 bits per heavy atom. The van der Waals surface area contributed by atoms with Crippen LogP contribution in [-0.4, -0.2) is 40.1 Å². The van der Waals surface area contributed by atoms with Gasteiger partial charge in [0.2, 0.25) is 0 Å². The zero-order chi connectivity index (χ0) is 28.6. The van der Waals surface area contributed by atoms with E-state index >= 15 is 0 Å². The van der Waals surface area contributed by atoms with Crippen molar-refractivity contribution in [2.24, 2.45) is 0 Å². The lowest BCUT2D eigenvalue weighted by atomic mass is 9.80. The number of imidazole rings is 1. The molecule has 4 rings (SSSR count). The SMILES string of the molecule is COC(=O)C1=C(C)NC(C)=C(C(=O)OCCC=Cc2ccc(Cn3ccnc3)cc2)C1c1cccc([N+](=O)[O-])c1. The van der Waals surface area contributed by atoms with Gasteiger partial charge in [-0.25, -0.2) is 14.6 Å². The van der Waals surface area contributed by atoms with E-state index in [1.807, 2.05) is 47.2 Å². The van der Waals surface area contributed by atoms with Crippen molar-refractivity contribution in [1.82, 2.24) is 14.9 Å². The Bertz CT molecular complexity index is 1490. The maximum absolute atomic E-state index is 13.3. The lowest BCUT2D eigenvalue weighted by molar-refractivity contribution is -0.384. The normalized spacial score (nSPS) is 15.2. The Labute approximate surface area is 231 Å². The molecule has 206 valence electrons. The van der Waals surface area contributed by atoms with E-state index in [2.05, 4.69) is 10.3 Å². The molecule has 0 saturated heterocycles. The molecule has 0 amide bonds. The van der Waals surface area contributed by atoms with Gasteiger partial charge in [0.15, 0.2) is 0 Å². The van der Waals surface area contributed by atoms with Crippen molar-refractivity contribution >= 4 is 23.7 Å². The van der Waals surface area contributed by atoms with Crippen LogP contribution in [0.3, 0.4) is 0 Å². The summed E-state index contributed by atoms with van der Waals surface area (Å²) in [6.45, 7) is 4.25. The number of nitrogens with one attached hydrogen (secondary N) is 1. The summed E-state index contributed by atoms with van der Waals surface area (Å²) in [5, 5.41) is 14.5. The molecule has 0 radical (unpaired) electrons. The topological polar surface area (TPSA) is 126 Å². The number of rotatable bonds is 10. The minimum atomic E-state index is -0.891. The molecule has 1 unspecified atom stereocenters. The number of carbonyl (C=O) groups is 2. The largest absolute Gasteiger partial charge is 0.466 e. The molecule has 40 heavy (non-hydrogen) atoms. The third-order valence-electron chi connectivity index (χ3n) is 6.53. The number of hydrogen-bond donors (Lipinski definition) is 1. The van der Waals surface area contributed by atoms with Crippen molar-refractivity contribution in [3.05, 3.63) is 123 Å². The van der Waals surface area contributed by atoms with E-state index in [0.717, 1.165) is 17.7 Å². The van der Waals surface area contributed by atoms with E-state index in [0.29, 0.717) is 23.4 Å². The van der Waals surface area contributed by atoms with Gasteiger partial charge in [0.05, 0.1) is 42.0 Å². The van der Waals surface area contributed by atoms with E-state index in [-0.39, 0.29) is 23.4 Å². The maximum Gasteiger partial charge on any atom is 0.336 e. The van der Waals surface area contributed by atoms with Crippen LogP contribution in [0.1, 0.15) is 42.9 Å². The summed E-state index contributed by atoms with van der Waals surface area (Å²) >= 11 is 0. The Kier molecular flexibility index (Phi) is 8.90. The molecule has 1 aliphatic rings. The Balaban J connectivity index is 1.45. The number of non-ortho nitro benzene ring substituents is 1. The molecule has 2 aromatic carbocycles. The number of aromatic nitrogens is 2. The first-order chi connectivity index (χ1) is 19.3. The van der Waals surface area contributed by atoms with Crippen LogP contribution in [0.15, 0.2) is 95.9 Å². The van der Waals surface area contributed by atoms with Gasteiger partial charge < -0.3 is 19.4 Å². The lowest BCUT2D eigenvalue weighted by Gasteiger charge is -2.30. The molecule has 1 N–H and O–H groups in total. The van der Waals surface area contributed by atoms with Gasteiger partial charge in [-0.1, -0.05) is 48.6 Å². The Morgan fingerprint density at radius 2 is 1.82 bits per heavy atom. The van der Waals surface area contributed by atoms with Gasteiger partial charge in [-0.2, -0.15) is 0 Å². The Hall–Kier alpha value is -4.99. The Morgan fingerprint density at radius 3 is 2.48 bits per heavy atom. The quantitative estimate of drug-likeness (QED) is 0.166. The molecule has 1 aliphatic heterocycles. The number of ether oxygens (including phenoxy) is 2. The first kappa shape index (κ1) is 28.0. The van der Waals surface area contributed by atoms with Crippen molar-refractivity contribution < 1.29 is 24.0 Å². The van der Waals surface area contributed by atoms with Crippen LogP contribution in [-0.2, 0) is 25.6 Å². The van der Waals surface area contributed by atoms with Crippen LogP contribution >= 0.6 is 0 Å². The molecule has 3 aromatic rings. The molecule has 0 saturated carbocycles. The van der Waals surface area contributed by atoms with E-state index in [9.17, 15) is 19.7 Å². The second-order valence-corrected chi connectivity index (χ2v) is 9.28. The number of hydrogen-bond acceptors (Lipinski definition) is 8. The van der Waals surface area contributed by atoms with E-state index < -0.39 is 22.8 Å². The fourth-order valence-corrected chi connectivity index (χ4v) is 4.64. The second-order valence-electron chi connectivity index (χ2n) is 9.28. The highest BCUT2D eigenvalue weighted by atomic mass is 16.6. The van der Waals surface area contributed by atoms with Gasteiger partial charge in [0.25, 0.3) is 5.69 Å². The number of carbonyl (C=O) groups excluding carboxylic acids is 2. The summed E-state index contributed by atoms with van der Waals surface area (Å²) in [6, 6.07) is 14.0. The summed E-state index contributed by atoms with van der Waals surface area (Å²) in [5.41, 5.74) is 3.82. The first-order valence-electron chi connectivity index (χ1n) is 12.7. The van der Waals surface area contributed by atoms with Crippen molar-refractivity contribution in [3.8, 4) is 0 Å². The minimum absolute atomic E-state index is 0.114. The summed E-state index contributed by atoms with van der Waals surface area (Å²) < 4.78 is 12.6. The average molecular weight is 543 g/mol. The number of esters is 2. The number of nitro groups is 1. The van der Waals surface area contributed by atoms with E-state index in [4.69, 9.17) is 9.47 Å². The molecule has 0 aliphatic carbocycles. The molecule has 0 fully saturated rings. The smallest absolute Gasteiger partial charge is 0.336 e. The van der Waals surface area contributed by atoms with Crippen LogP contribution in [0.4, 0.5) is 5.69 Å². The molecule has 1 aromatic heterocycles. The van der Waals surface area contributed by atoms with Gasteiger partial charge in [-0.3, -0.25) is 10.1 Å². The number of dihydropyridines is 1. The standard InChI is InChI=1S/C30H30N4O6/c1-20-26(29(35)39-3)28(24-8-6-9-25(17-24)34(37)38)27(21(2)32-20)30(36)40-16-5-4-7-22-10-12-23(13-11-22)18-33-15-14-31-19-33/h4,6-15,17,19,28,32H,5,16,18H2,1-3H3. The third kappa shape index (κ3) is 6.52. The maximum atomic E-state index is 13.3. The summed E-state index contributed by atoms with van der Waals surface area (Å²) in [4.78, 5) is 41.0. The average Bonchev–Trinajstić information content (AvgIpc) is 3.46. The third-order valence-corrected chi connectivity index (χ3v) is 6.53. The van der Waals surface area contributed by atoms with Crippen LogP contribution in [0.25, 0.3) is 6.08 Å². The van der Waals surface area contributed by atoms with Crippen molar-refractivity contribution in [3.63, 3.8) is 0 Å². The summed E-state index contributed by atoms with van der Waals surface area (Å²) in [7, 11) is 1.25. The minimum Gasteiger partial charge on any atom is -0.466 e. The molecule has 0 bridgehead atoms. The highest BCUT2D eigenvalue weighted by Gasteiger charge is 2.38. The van der Waals surface area contributed by atoms with Crippen molar-refractivity contribution in [2.45, 2.75) is 32.7 Å². The summed E-state index contributed by atoms with van der Waals surface area (Å²) in [5.74, 6) is -2.15. The highest BCUT2D eigenvalue weighted by Crippen LogP contribution is 2.40. The van der Waals surface area contributed by atoms with Crippen LogP contribution in [0.5, 0.6) is 0 Å². The van der Waals surface area contributed by atoms with E-state index in [1.54, 1.807) is 32.4 Å². The van der Waals surface area contributed by atoms with E-state index in [1.165, 1.54) is 25.3 Å². The monoisotopic (exact) mass is 542 g/mol. The predicted molar refractivity (Wildman–Crippen MR) is 149 cm³/mol. The van der Waals surface area contributed by atoms with Gasteiger partial charge in [0, 0.05) is 42.5 Å². The van der Waals surface area contributed by atoms with Gasteiger partial charge in [-0.15, -0.1) is 0 Å². The number of allylic oxidation sites excluding steroid dienone is 2. The van der Waals surface area contributed by atoms with Crippen LogP contribution in [0.2, 0.25) is 0 Å². The van der Waals surface area contributed by atoms with Gasteiger partial charge >= 0.3 is 11.9 Å². The lowest BCUT2D eigenvalue weighted by Crippen LogP contribution is -2.32. The molecular formula is C30H30N4O6. The number of benzene rings is 2. The fraction of sp³-hybridized carbons (Fsp3) is 0.233. The fourth-order valence-electron chi connectivity index (χ4n) is 4.64.